The van der Waals surface area contributed by atoms with Gasteiger partial charge in [-0.2, -0.15) is 0 Å². The molecule has 2 rings (SSSR count). The van der Waals surface area contributed by atoms with E-state index in [2.05, 4.69) is 11.1 Å². The zero-order chi connectivity index (χ0) is 17.4. The molecule has 0 aliphatic heterocycles. The van der Waals surface area contributed by atoms with Crippen LogP contribution in [0.25, 0.3) is 11.3 Å². The summed E-state index contributed by atoms with van der Waals surface area (Å²) in [5.74, 6) is -1.35. The number of hydrogen-bond donors (Lipinski definition) is 1. The van der Waals surface area contributed by atoms with Crippen molar-refractivity contribution >= 4 is 17.5 Å². The van der Waals surface area contributed by atoms with Crippen LogP contribution in [0.1, 0.15) is 13.8 Å². The summed E-state index contributed by atoms with van der Waals surface area (Å²) in [7, 11) is 0. The molecule has 1 heterocycles. The van der Waals surface area contributed by atoms with E-state index in [-0.39, 0.29) is 38.2 Å². The Morgan fingerprint density at radius 1 is 1.33 bits per heavy atom. The topological polar surface area (TPSA) is 50.2 Å². The average Bonchev–Trinajstić information content (AvgIpc) is 2.46. The molecule has 3 nitrogen and oxygen atoms in total. The third kappa shape index (κ3) is 7.84. The van der Waals surface area contributed by atoms with Crippen molar-refractivity contribution in [2.45, 2.75) is 18.7 Å². The summed E-state index contributed by atoms with van der Waals surface area (Å²) < 4.78 is 26.2. The number of aliphatic hydroxyl groups excluding tert-OH is 1. The van der Waals surface area contributed by atoms with E-state index >= 15 is 0 Å². The van der Waals surface area contributed by atoms with Crippen molar-refractivity contribution in [3.8, 4) is 11.3 Å². The first kappa shape index (κ1) is 22.5. The molecule has 0 aliphatic carbocycles. The Morgan fingerprint density at radius 3 is 2.46 bits per heavy atom. The predicted octanol–water partition coefficient (Wildman–Crippen LogP) is 4.58. The summed E-state index contributed by atoms with van der Waals surface area (Å²) in [4.78, 5) is 15.0. The number of thioether (sulfide) groups is 1. The average molecular weight is 531 g/mol. The predicted molar refractivity (Wildman–Crippen MR) is 87.3 cm³/mol. The summed E-state index contributed by atoms with van der Waals surface area (Å²) in [5.41, 5.74) is 0.654. The summed E-state index contributed by atoms with van der Waals surface area (Å²) in [6, 6.07) is 8.06. The summed E-state index contributed by atoms with van der Waals surface area (Å²) in [5, 5.41) is 8.36. The van der Waals surface area contributed by atoms with Crippen LogP contribution in [0.5, 0.6) is 0 Å². The minimum atomic E-state index is -0.647. The van der Waals surface area contributed by atoms with Crippen LogP contribution in [0.4, 0.5) is 8.78 Å². The summed E-state index contributed by atoms with van der Waals surface area (Å²) in [6.45, 7) is 2.85. The molecule has 0 fully saturated rings. The molecule has 2 aromatic rings. The van der Waals surface area contributed by atoms with Crippen molar-refractivity contribution in [3.63, 3.8) is 0 Å². The number of ketones is 1. The number of allylic oxidation sites excluding steroid dienone is 2. The Balaban J connectivity index is 0.000000570. The number of aromatic nitrogens is 1. The van der Waals surface area contributed by atoms with Crippen LogP contribution in [0.3, 0.4) is 0 Å². The number of hydrogen-bond acceptors (Lipinski definition) is 4. The van der Waals surface area contributed by atoms with Crippen LogP contribution in [-0.2, 0) is 25.9 Å². The van der Waals surface area contributed by atoms with E-state index in [9.17, 15) is 13.6 Å². The van der Waals surface area contributed by atoms with Gasteiger partial charge >= 0.3 is 0 Å². The summed E-state index contributed by atoms with van der Waals surface area (Å²) >= 11 is 1.54. The van der Waals surface area contributed by atoms with Crippen LogP contribution in [-0.4, -0.2) is 22.1 Å². The van der Waals surface area contributed by atoms with Crippen LogP contribution >= 0.6 is 11.8 Å². The molecule has 24 heavy (non-hydrogen) atoms. The maximum absolute atomic E-state index is 13.5. The first-order valence-electron chi connectivity index (χ1n) is 6.58. The van der Waals surface area contributed by atoms with Crippen molar-refractivity contribution < 1.29 is 39.7 Å². The van der Waals surface area contributed by atoms with Crippen molar-refractivity contribution in [2.75, 3.05) is 6.26 Å². The minimum absolute atomic E-state index is 0. The van der Waals surface area contributed by atoms with Gasteiger partial charge in [-0.15, -0.1) is 23.9 Å². The second-order valence-corrected chi connectivity index (χ2v) is 5.40. The first-order chi connectivity index (χ1) is 10.8. The number of halogens is 2. The quantitative estimate of drug-likeness (QED) is 0.273. The number of pyridine rings is 1. The Kier molecular flexibility index (Phi) is 10.4. The SMILES string of the molecule is CC(=O)/C=C(/C)O.CSc1ccnc(-c2[c-]cc(F)cc2F)c1.[Pt]. The molecule has 0 bridgehead atoms. The van der Waals surface area contributed by atoms with Crippen molar-refractivity contribution in [2.24, 2.45) is 0 Å². The van der Waals surface area contributed by atoms with E-state index in [0.29, 0.717) is 5.69 Å². The molecule has 0 unspecified atom stereocenters. The molecule has 0 radical (unpaired) electrons. The zero-order valence-corrected chi connectivity index (χ0v) is 16.3. The number of carbonyl (C=O) groups excluding carboxylic acids is 1. The van der Waals surface area contributed by atoms with Crippen LogP contribution in [0.15, 0.2) is 47.2 Å². The second kappa shape index (κ2) is 11.1. The third-order valence-corrected chi connectivity index (χ3v) is 3.22. The molecule has 0 atom stereocenters. The Hall–Kier alpha value is -1.52. The van der Waals surface area contributed by atoms with E-state index in [1.807, 2.05) is 12.3 Å². The van der Waals surface area contributed by atoms with Gasteiger partial charge in [-0.05, 0) is 31.9 Å². The third-order valence-electron chi connectivity index (χ3n) is 2.49. The van der Waals surface area contributed by atoms with E-state index in [1.165, 1.54) is 31.7 Å². The zero-order valence-electron chi connectivity index (χ0n) is 13.2. The van der Waals surface area contributed by atoms with E-state index in [0.717, 1.165) is 17.0 Å². The van der Waals surface area contributed by atoms with Gasteiger partial charge in [0.1, 0.15) is 0 Å². The Bertz CT molecular complexity index is 719. The van der Waals surface area contributed by atoms with Gasteiger partial charge in [-0.1, -0.05) is 17.7 Å². The van der Waals surface area contributed by atoms with Gasteiger partial charge in [0.2, 0.25) is 0 Å². The van der Waals surface area contributed by atoms with Gasteiger partial charge in [0, 0.05) is 49.9 Å². The number of aliphatic hydroxyl groups is 1. The molecular weight excluding hydrogens is 515 g/mol. The van der Waals surface area contributed by atoms with Crippen LogP contribution in [0, 0.1) is 17.7 Å². The number of carbonyl (C=O) groups is 1. The van der Waals surface area contributed by atoms with E-state index in [4.69, 9.17) is 5.11 Å². The maximum atomic E-state index is 13.5. The number of benzene rings is 1. The molecule has 7 heteroatoms. The largest absolute Gasteiger partial charge is 0.512 e. The molecule has 0 aliphatic rings. The molecule has 1 N–H and O–H groups in total. The standard InChI is InChI=1S/C12H8F2NS.C5H8O2.Pt/c1-16-9-4-5-15-12(7-9)10-3-2-8(13)6-11(10)14;1-4(6)3-5(2)7;/h2,4-7H,1H3;3,6H,1-2H3;/q-1;;/b;4-3-;. The molecule has 0 spiro atoms. The smallest absolute Gasteiger partial charge is 0.155 e. The Morgan fingerprint density at radius 2 is 2.00 bits per heavy atom. The van der Waals surface area contributed by atoms with Crippen molar-refractivity contribution in [3.05, 3.63) is 60.0 Å². The van der Waals surface area contributed by atoms with Gasteiger partial charge in [0.25, 0.3) is 0 Å². The molecule has 1 aromatic carbocycles. The molecule has 0 amide bonds. The fourth-order valence-corrected chi connectivity index (χ4v) is 2.04. The number of nitrogens with zero attached hydrogens (tertiary/aromatic N) is 1. The van der Waals surface area contributed by atoms with Gasteiger partial charge in [-0.3, -0.25) is 13.6 Å². The Labute approximate surface area is 158 Å². The molecule has 0 saturated carbocycles. The maximum Gasteiger partial charge on any atom is 0.155 e. The molecular formula is C17H16F2NO2PtS-. The molecule has 1 aromatic heterocycles. The van der Waals surface area contributed by atoms with Gasteiger partial charge in [-0.25, -0.2) is 0 Å². The van der Waals surface area contributed by atoms with Crippen molar-refractivity contribution in [1.29, 1.82) is 0 Å². The van der Waals surface area contributed by atoms with Gasteiger partial charge in [0.05, 0.1) is 5.76 Å². The van der Waals surface area contributed by atoms with E-state index in [1.54, 1.807) is 12.3 Å². The van der Waals surface area contributed by atoms with Gasteiger partial charge < -0.3 is 10.1 Å². The second-order valence-electron chi connectivity index (χ2n) is 4.52. The number of rotatable bonds is 3. The fraction of sp³-hybridized carbons (Fsp3) is 0.176. The normalized spacial score (nSPS) is 10.3. The van der Waals surface area contributed by atoms with Crippen molar-refractivity contribution in [1.82, 2.24) is 4.98 Å². The van der Waals surface area contributed by atoms with Crippen LogP contribution in [0.2, 0.25) is 0 Å². The van der Waals surface area contributed by atoms with Gasteiger partial charge in [0.15, 0.2) is 5.78 Å². The molecule has 0 saturated heterocycles. The molecule has 132 valence electrons. The summed E-state index contributed by atoms with van der Waals surface area (Å²) in [6.07, 6.45) is 4.68. The first-order valence-corrected chi connectivity index (χ1v) is 7.81. The van der Waals surface area contributed by atoms with Crippen LogP contribution < -0.4 is 0 Å². The fourth-order valence-electron chi connectivity index (χ4n) is 1.61. The van der Waals surface area contributed by atoms with E-state index < -0.39 is 11.6 Å². The minimum Gasteiger partial charge on any atom is -0.512 e. The monoisotopic (exact) mass is 531 g/mol.